The van der Waals surface area contributed by atoms with Gasteiger partial charge in [-0.25, -0.2) is 5.10 Å². The Morgan fingerprint density at radius 1 is 1.53 bits per heavy atom. The monoisotopic (exact) mass is 276 g/mol. The molecular weight excluding hydrogens is 262 g/mol. The number of anilines is 1. The molecule has 2 N–H and O–H groups in total. The van der Waals surface area contributed by atoms with Crippen molar-refractivity contribution >= 4 is 13.3 Å². The van der Waals surface area contributed by atoms with E-state index in [0.717, 1.165) is 7.48 Å². The fourth-order valence-electron chi connectivity index (χ4n) is 1.73. The predicted molar refractivity (Wildman–Crippen MR) is 64.9 cm³/mol. The normalized spacial score (nSPS) is 13.2. The van der Waals surface area contributed by atoms with E-state index in [0.29, 0.717) is 19.0 Å². The van der Waals surface area contributed by atoms with Gasteiger partial charge in [-0.2, -0.15) is 18.3 Å². The molecular formula is C10H14BF3N3O2. The average molecular weight is 276 g/mol. The number of rotatable bonds is 5. The molecule has 5 nitrogen and oxygen atoms in total. The minimum Gasteiger partial charge on any atom is -0.452 e. The number of nitrogens with zero attached hydrogens (tertiary/aromatic N) is 2. The summed E-state index contributed by atoms with van der Waals surface area (Å²) in [7, 11) is 0.892. The van der Waals surface area contributed by atoms with Gasteiger partial charge in [0.1, 0.15) is 11.4 Å². The van der Waals surface area contributed by atoms with Crippen LogP contribution in [0.25, 0.3) is 0 Å². The Morgan fingerprint density at radius 3 is 2.58 bits per heavy atom. The maximum atomic E-state index is 12.6. The molecule has 1 atom stereocenters. The molecule has 0 aromatic carbocycles. The number of hydrogen-bond donors (Lipinski definition) is 2. The van der Waals surface area contributed by atoms with E-state index in [1.54, 1.807) is 13.8 Å². The fourth-order valence-corrected chi connectivity index (χ4v) is 1.73. The van der Waals surface area contributed by atoms with E-state index < -0.39 is 23.2 Å². The molecule has 0 aliphatic carbocycles. The van der Waals surface area contributed by atoms with Crippen molar-refractivity contribution in [3.8, 4) is 0 Å². The van der Waals surface area contributed by atoms with Crippen LogP contribution in [0.2, 0.25) is 0 Å². The number of alkyl halides is 3. The molecule has 0 aliphatic rings. The number of hydrogen-bond acceptors (Lipinski definition) is 4. The maximum Gasteiger partial charge on any atom is 0.421 e. The lowest BCUT2D eigenvalue weighted by Gasteiger charge is -2.29. The van der Waals surface area contributed by atoms with E-state index in [-0.39, 0.29) is 5.82 Å². The Bertz CT molecular complexity index is 474. The first-order valence-electron chi connectivity index (χ1n) is 5.76. The number of nitrogens with one attached hydrogen (secondary N) is 1. The van der Waals surface area contributed by atoms with Crippen molar-refractivity contribution in [3.05, 3.63) is 22.0 Å². The molecule has 0 fully saturated rings. The molecule has 0 aliphatic heterocycles. The lowest BCUT2D eigenvalue weighted by Crippen LogP contribution is -2.40. The molecule has 1 heterocycles. The van der Waals surface area contributed by atoms with E-state index in [2.05, 4.69) is 5.10 Å². The zero-order chi connectivity index (χ0) is 14.6. The van der Waals surface area contributed by atoms with Gasteiger partial charge in [-0.3, -0.25) is 4.79 Å². The summed E-state index contributed by atoms with van der Waals surface area (Å²) in [6.45, 7) is 3.83. The SMILES string of the molecule is CC[C@@H]([B]O)N(CC)c1cc(C(F)(F)F)c(=O)[nH]n1. The van der Waals surface area contributed by atoms with Crippen molar-refractivity contribution in [3.63, 3.8) is 0 Å². The predicted octanol–water partition coefficient (Wildman–Crippen LogP) is 0.963. The van der Waals surface area contributed by atoms with Crippen molar-refractivity contribution in [2.75, 3.05) is 11.4 Å². The van der Waals surface area contributed by atoms with Crippen LogP contribution >= 0.6 is 0 Å². The number of aromatic nitrogens is 2. The third-order valence-corrected chi connectivity index (χ3v) is 2.72. The van der Waals surface area contributed by atoms with Crippen LogP contribution in [-0.4, -0.2) is 35.2 Å². The maximum absolute atomic E-state index is 12.6. The Hall–Kier alpha value is -1.51. The van der Waals surface area contributed by atoms with Gasteiger partial charge >= 0.3 is 13.7 Å². The second kappa shape index (κ2) is 6.09. The molecule has 0 saturated heterocycles. The summed E-state index contributed by atoms with van der Waals surface area (Å²) in [6.07, 6.45) is -4.25. The standard InChI is InChI=1S/C10H14BF3N3O2/c1-3-7(11-19)17(4-2)8-5-6(10(12,13)14)9(18)16-15-8/h5,7,19H,3-4H2,1-2H3,(H,16,18)/t7-/m0/s1. The molecule has 0 spiro atoms. The molecule has 0 saturated carbocycles. The zero-order valence-corrected chi connectivity index (χ0v) is 10.5. The van der Waals surface area contributed by atoms with E-state index >= 15 is 0 Å². The van der Waals surface area contributed by atoms with Crippen LogP contribution in [-0.2, 0) is 6.18 Å². The lowest BCUT2D eigenvalue weighted by atomic mass is 9.84. The summed E-state index contributed by atoms with van der Waals surface area (Å²) in [5.74, 6) is -0.504. The number of aromatic amines is 1. The molecule has 105 valence electrons. The minimum absolute atomic E-state index is 0.0356. The minimum atomic E-state index is -4.74. The van der Waals surface area contributed by atoms with Gasteiger partial charge in [0.05, 0.1) is 0 Å². The van der Waals surface area contributed by atoms with Gasteiger partial charge in [-0.15, -0.1) is 0 Å². The number of H-pyrrole nitrogens is 1. The quantitative estimate of drug-likeness (QED) is 0.786. The molecule has 9 heteroatoms. The summed E-state index contributed by atoms with van der Waals surface area (Å²) in [4.78, 5) is 12.6. The zero-order valence-electron chi connectivity index (χ0n) is 10.5. The third-order valence-electron chi connectivity index (χ3n) is 2.72. The fraction of sp³-hybridized carbons (Fsp3) is 0.600. The molecule has 0 bridgehead atoms. The van der Waals surface area contributed by atoms with Gasteiger partial charge in [0.15, 0.2) is 0 Å². The van der Waals surface area contributed by atoms with Crippen LogP contribution in [0, 0.1) is 0 Å². The topological polar surface area (TPSA) is 69.2 Å². The summed E-state index contributed by atoms with van der Waals surface area (Å²) in [5.41, 5.74) is -2.59. The summed E-state index contributed by atoms with van der Waals surface area (Å²) >= 11 is 0. The molecule has 19 heavy (non-hydrogen) atoms. The average Bonchev–Trinajstić information content (AvgIpc) is 2.35. The van der Waals surface area contributed by atoms with Gasteiger partial charge in [0.25, 0.3) is 5.56 Å². The first kappa shape index (κ1) is 15.6. The third kappa shape index (κ3) is 3.49. The molecule has 1 aromatic rings. The van der Waals surface area contributed by atoms with Crippen LogP contribution in [0.4, 0.5) is 19.0 Å². The molecule has 1 radical (unpaired) electrons. The highest BCUT2D eigenvalue weighted by molar-refractivity contribution is 6.29. The molecule has 0 unspecified atom stereocenters. The van der Waals surface area contributed by atoms with Crippen molar-refractivity contribution in [1.29, 1.82) is 0 Å². The van der Waals surface area contributed by atoms with E-state index in [4.69, 9.17) is 5.02 Å². The van der Waals surface area contributed by atoms with Crippen LogP contribution in [0.15, 0.2) is 10.9 Å². The number of halogens is 3. The Kier molecular flexibility index (Phi) is 4.99. The van der Waals surface area contributed by atoms with Crippen LogP contribution in [0.5, 0.6) is 0 Å². The van der Waals surface area contributed by atoms with Crippen molar-refractivity contribution in [1.82, 2.24) is 10.2 Å². The summed E-state index contributed by atoms with van der Waals surface area (Å²) in [6, 6.07) is 0.689. The van der Waals surface area contributed by atoms with Crippen molar-refractivity contribution < 1.29 is 18.2 Å². The smallest absolute Gasteiger partial charge is 0.421 e. The van der Waals surface area contributed by atoms with Gasteiger partial charge in [-0.05, 0) is 13.3 Å². The van der Waals surface area contributed by atoms with Crippen LogP contribution < -0.4 is 10.5 Å². The summed E-state index contributed by atoms with van der Waals surface area (Å²) in [5, 5.41) is 14.5. The van der Waals surface area contributed by atoms with Gasteiger partial charge in [0, 0.05) is 18.6 Å². The van der Waals surface area contributed by atoms with Gasteiger partial charge in [0.2, 0.25) is 0 Å². The molecule has 1 aromatic heterocycles. The molecule has 0 amide bonds. The second-order valence-electron chi connectivity index (χ2n) is 3.88. The highest BCUT2D eigenvalue weighted by Gasteiger charge is 2.35. The Labute approximate surface area is 108 Å². The first-order valence-corrected chi connectivity index (χ1v) is 5.76. The van der Waals surface area contributed by atoms with Gasteiger partial charge in [-0.1, -0.05) is 6.92 Å². The highest BCUT2D eigenvalue weighted by atomic mass is 19.4. The summed E-state index contributed by atoms with van der Waals surface area (Å²) < 4.78 is 37.9. The second-order valence-corrected chi connectivity index (χ2v) is 3.88. The molecule has 1 rings (SSSR count). The largest absolute Gasteiger partial charge is 0.452 e. The van der Waals surface area contributed by atoms with Crippen molar-refractivity contribution in [2.45, 2.75) is 32.4 Å². The van der Waals surface area contributed by atoms with Gasteiger partial charge < -0.3 is 9.92 Å². The van der Waals surface area contributed by atoms with E-state index in [1.807, 2.05) is 5.10 Å². The van der Waals surface area contributed by atoms with Crippen LogP contribution in [0.3, 0.4) is 0 Å². The highest BCUT2D eigenvalue weighted by Crippen LogP contribution is 2.28. The lowest BCUT2D eigenvalue weighted by molar-refractivity contribution is -0.138. The van der Waals surface area contributed by atoms with E-state index in [1.165, 1.54) is 4.90 Å². The van der Waals surface area contributed by atoms with Crippen LogP contribution in [0.1, 0.15) is 25.8 Å². The Morgan fingerprint density at radius 2 is 2.16 bits per heavy atom. The van der Waals surface area contributed by atoms with Crippen molar-refractivity contribution in [2.24, 2.45) is 0 Å². The first-order chi connectivity index (χ1) is 8.85. The Balaban J connectivity index is 3.23. The van der Waals surface area contributed by atoms with E-state index in [9.17, 15) is 18.0 Å².